The first-order valence-electron chi connectivity index (χ1n) is 3.44. The van der Waals surface area contributed by atoms with Gasteiger partial charge in [-0.1, -0.05) is 6.07 Å². The second-order valence-electron chi connectivity index (χ2n) is 2.44. The zero-order valence-corrected chi connectivity index (χ0v) is 6.65. The summed E-state index contributed by atoms with van der Waals surface area (Å²) < 4.78 is 0. The third kappa shape index (κ3) is 1.12. The lowest BCUT2D eigenvalue weighted by molar-refractivity contribution is 1.26. The minimum absolute atomic E-state index is 0.536. The van der Waals surface area contributed by atoms with Gasteiger partial charge < -0.3 is 4.98 Å². The van der Waals surface area contributed by atoms with Crippen LogP contribution in [0.25, 0.3) is 10.9 Å². The first-order valence-corrected chi connectivity index (χ1v) is 3.97. The maximum atomic E-state index is 5.66. The molecule has 0 atom stereocenters. The van der Waals surface area contributed by atoms with Crippen LogP contribution in [0.15, 0.2) is 24.3 Å². The van der Waals surface area contributed by atoms with Crippen molar-refractivity contribution >= 4 is 22.5 Å². The SMILES string of the molecule is ClCc1cc2c[c]ccc2[nH]1. The van der Waals surface area contributed by atoms with Crippen LogP contribution in [-0.4, -0.2) is 4.98 Å². The molecule has 1 N–H and O–H groups in total. The third-order valence-corrected chi connectivity index (χ3v) is 1.95. The Kier molecular flexibility index (Phi) is 1.59. The van der Waals surface area contributed by atoms with Gasteiger partial charge in [0.2, 0.25) is 0 Å². The number of aromatic amines is 1. The van der Waals surface area contributed by atoms with Crippen molar-refractivity contribution in [2.75, 3.05) is 0 Å². The highest BCUT2D eigenvalue weighted by Crippen LogP contribution is 2.14. The van der Waals surface area contributed by atoms with Gasteiger partial charge in [-0.2, -0.15) is 0 Å². The molecule has 1 aromatic carbocycles. The van der Waals surface area contributed by atoms with Gasteiger partial charge in [-0.15, -0.1) is 11.6 Å². The van der Waals surface area contributed by atoms with Crippen LogP contribution in [0.4, 0.5) is 0 Å². The van der Waals surface area contributed by atoms with Gasteiger partial charge in [-0.25, -0.2) is 0 Å². The number of rotatable bonds is 1. The molecule has 0 saturated heterocycles. The molecule has 1 heterocycles. The van der Waals surface area contributed by atoms with Gasteiger partial charge >= 0.3 is 0 Å². The van der Waals surface area contributed by atoms with Gasteiger partial charge in [0, 0.05) is 16.6 Å². The minimum Gasteiger partial charge on any atom is -0.357 e. The van der Waals surface area contributed by atoms with E-state index >= 15 is 0 Å². The van der Waals surface area contributed by atoms with Crippen LogP contribution < -0.4 is 0 Å². The lowest BCUT2D eigenvalue weighted by Gasteiger charge is -1.84. The Morgan fingerprint density at radius 1 is 1.55 bits per heavy atom. The predicted molar refractivity (Wildman–Crippen MR) is 46.7 cm³/mol. The normalized spacial score (nSPS) is 10.6. The molecule has 0 unspecified atom stereocenters. The molecular weight excluding hydrogens is 158 g/mol. The molecule has 0 aliphatic carbocycles. The van der Waals surface area contributed by atoms with Crippen LogP contribution in [-0.2, 0) is 5.88 Å². The zero-order chi connectivity index (χ0) is 7.68. The predicted octanol–water partition coefficient (Wildman–Crippen LogP) is 2.71. The first-order chi connectivity index (χ1) is 5.40. The van der Waals surface area contributed by atoms with Gasteiger partial charge in [0.25, 0.3) is 0 Å². The van der Waals surface area contributed by atoms with Crippen LogP contribution in [0.2, 0.25) is 0 Å². The number of benzene rings is 1. The molecule has 1 nitrogen and oxygen atoms in total. The van der Waals surface area contributed by atoms with Crippen LogP contribution in [0.3, 0.4) is 0 Å². The zero-order valence-electron chi connectivity index (χ0n) is 5.89. The van der Waals surface area contributed by atoms with E-state index in [1.54, 1.807) is 0 Å². The number of hydrogen-bond acceptors (Lipinski definition) is 0. The number of alkyl halides is 1. The number of nitrogens with one attached hydrogen (secondary N) is 1. The lowest BCUT2D eigenvalue weighted by Crippen LogP contribution is -1.72. The molecule has 1 aromatic heterocycles. The molecule has 11 heavy (non-hydrogen) atoms. The molecular formula is C9H7ClN. The van der Waals surface area contributed by atoms with Crippen molar-refractivity contribution in [2.45, 2.75) is 5.88 Å². The summed E-state index contributed by atoms with van der Waals surface area (Å²) in [5.41, 5.74) is 2.18. The summed E-state index contributed by atoms with van der Waals surface area (Å²) >= 11 is 5.66. The van der Waals surface area contributed by atoms with E-state index in [1.807, 2.05) is 24.3 Å². The summed E-state index contributed by atoms with van der Waals surface area (Å²) in [6.07, 6.45) is 0. The van der Waals surface area contributed by atoms with E-state index in [-0.39, 0.29) is 0 Å². The van der Waals surface area contributed by atoms with E-state index in [9.17, 15) is 0 Å². The van der Waals surface area contributed by atoms with E-state index in [1.165, 1.54) is 5.39 Å². The van der Waals surface area contributed by atoms with Crippen molar-refractivity contribution in [3.05, 3.63) is 36.0 Å². The van der Waals surface area contributed by atoms with Crippen LogP contribution in [0, 0.1) is 6.07 Å². The summed E-state index contributed by atoms with van der Waals surface area (Å²) in [7, 11) is 0. The molecule has 0 aliphatic rings. The Morgan fingerprint density at radius 2 is 2.45 bits per heavy atom. The number of halogens is 1. The Labute approximate surface area is 70.0 Å². The van der Waals surface area contributed by atoms with Crippen LogP contribution in [0.1, 0.15) is 5.69 Å². The summed E-state index contributed by atoms with van der Waals surface area (Å²) in [5, 5.41) is 1.17. The highest BCUT2D eigenvalue weighted by Gasteiger charge is 1.96. The molecule has 0 amide bonds. The standard InChI is InChI=1S/C9H7ClN/c10-6-8-5-7-3-1-2-4-9(7)11-8/h2-5,11H,6H2. The quantitative estimate of drug-likeness (QED) is 0.624. The first kappa shape index (κ1) is 6.74. The summed E-state index contributed by atoms with van der Waals surface area (Å²) in [6.45, 7) is 0. The molecule has 55 valence electrons. The fourth-order valence-corrected chi connectivity index (χ4v) is 1.29. The highest BCUT2D eigenvalue weighted by molar-refractivity contribution is 6.17. The minimum atomic E-state index is 0.536. The van der Waals surface area contributed by atoms with Gasteiger partial charge in [-0.05, 0) is 24.3 Å². The van der Waals surface area contributed by atoms with Crippen molar-refractivity contribution in [3.63, 3.8) is 0 Å². The molecule has 0 spiro atoms. The number of hydrogen-bond donors (Lipinski definition) is 1. The number of aromatic nitrogens is 1. The Morgan fingerprint density at radius 3 is 3.18 bits per heavy atom. The van der Waals surface area contributed by atoms with Gasteiger partial charge in [0.05, 0.1) is 5.88 Å². The van der Waals surface area contributed by atoms with E-state index in [2.05, 4.69) is 11.1 Å². The smallest absolute Gasteiger partial charge is 0.0625 e. The summed E-state index contributed by atoms with van der Waals surface area (Å²) in [4.78, 5) is 3.19. The molecule has 2 heteroatoms. The maximum Gasteiger partial charge on any atom is 0.0625 e. The molecule has 2 rings (SSSR count). The van der Waals surface area contributed by atoms with E-state index in [4.69, 9.17) is 11.6 Å². The van der Waals surface area contributed by atoms with Crippen molar-refractivity contribution in [1.82, 2.24) is 4.98 Å². The number of H-pyrrole nitrogens is 1. The Bertz CT molecular complexity index is 331. The largest absolute Gasteiger partial charge is 0.357 e. The molecule has 0 aliphatic heterocycles. The third-order valence-electron chi connectivity index (χ3n) is 1.66. The van der Waals surface area contributed by atoms with Crippen molar-refractivity contribution in [3.8, 4) is 0 Å². The average molecular weight is 165 g/mol. The highest BCUT2D eigenvalue weighted by atomic mass is 35.5. The summed E-state index contributed by atoms with van der Waals surface area (Å²) in [5.74, 6) is 0.536. The van der Waals surface area contributed by atoms with Crippen LogP contribution in [0.5, 0.6) is 0 Å². The Hall–Kier alpha value is -0.950. The van der Waals surface area contributed by atoms with Crippen LogP contribution >= 0.6 is 11.6 Å². The second-order valence-corrected chi connectivity index (χ2v) is 2.71. The fourth-order valence-electron chi connectivity index (χ4n) is 1.15. The van der Waals surface area contributed by atoms with Gasteiger partial charge in [-0.3, -0.25) is 0 Å². The molecule has 0 fully saturated rings. The molecule has 1 radical (unpaired) electrons. The molecule has 2 aromatic rings. The summed E-state index contributed by atoms with van der Waals surface area (Å²) in [6, 6.07) is 10.9. The topological polar surface area (TPSA) is 15.8 Å². The van der Waals surface area contributed by atoms with Crippen molar-refractivity contribution in [1.29, 1.82) is 0 Å². The second kappa shape index (κ2) is 2.59. The maximum absolute atomic E-state index is 5.66. The van der Waals surface area contributed by atoms with Gasteiger partial charge in [0.1, 0.15) is 0 Å². The lowest BCUT2D eigenvalue weighted by atomic mass is 10.2. The molecule has 0 saturated carbocycles. The Balaban J connectivity index is 2.69. The van der Waals surface area contributed by atoms with E-state index < -0.39 is 0 Å². The van der Waals surface area contributed by atoms with Crippen molar-refractivity contribution < 1.29 is 0 Å². The number of fused-ring (bicyclic) bond motifs is 1. The van der Waals surface area contributed by atoms with E-state index in [0.29, 0.717) is 5.88 Å². The fraction of sp³-hybridized carbons (Fsp3) is 0.111. The van der Waals surface area contributed by atoms with Crippen molar-refractivity contribution in [2.24, 2.45) is 0 Å². The van der Waals surface area contributed by atoms with E-state index in [0.717, 1.165) is 11.2 Å². The molecule has 0 bridgehead atoms. The van der Waals surface area contributed by atoms with Gasteiger partial charge in [0.15, 0.2) is 0 Å². The monoisotopic (exact) mass is 164 g/mol. The average Bonchev–Trinajstić information content (AvgIpc) is 2.46.